The van der Waals surface area contributed by atoms with Gasteiger partial charge in [0.15, 0.2) is 5.82 Å². The lowest BCUT2D eigenvalue weighted by Crippen LogP contribution is -2.44. The zero-order valence-electron chi connectivity index (χ0n) is 12.0. The number of nitrogens with zero attached hydrogens (tertiary/aromatic N) is 3. The van der Waals surface area contributed by atoms with Crippen LogP contribution in [0.1, 0.15) is 25.7 Å². The van der Waals surface area contributed by atoms with Crippen LogP contribution in [0.3, 0.4) is 0 Å². The monoisotopic (exact) mass is 314 g/mol. The topological polar surface area (TPSA) is 84.5 Å². The molecule has 0 aromatic carbocycles. The standard InChI is InChI=1S/C14H22N4O2.ClH/c15-11-7-12(8-11)20-14-13(16-3-4-17-14)18-5-1-10(9-19)2-6-18;/h3-4,10-12,19H,1-2,5-9,15H2;1H. The number of hydrogen-bond donors (Lipinski definition) is 2. The Bertz CT molecular complexity index is 448. The number of piperidine rings is 1. The highest BCUT2D eigenvalue weighted by atomic mass is 35.5. The normalized spacial score (nSPS) is 25.9. The number of ether oxygens (including phenoxy) is 1. The summed E-state index contributed by atoms with van der Waals surface area (Å²) >= 11 is 0. The first-order chi connectivity index (χ1) is 9.76. The van der Waals surface area contributed by atoms with Crippen molar-refractivity contribution >= 4 is 18.2 Å². The Hall–Kier alpha value is -1.11. The maximum atomic E-state index is 9.20. The van der Waals surface area contributed by atoms with Gasteiger partial charge in [-0.2, -0.15) is 0 Å². The molecule has 1 aliphatic heterocycles. The van der Waals surface area contributed by atoms with Gasteiger partial charge in [0.05, 0.1) is 0 Å². The lowest BCUT2D eigenvalue weighted by atomic mass is 9.90. The summed E-state index contributed by atoms with van der Waals surface area (Å²) in [5, 5.41) is 9.20. The van der Waals surface area contributed by atoms with Gasteiger partial charge in [0.1, 0.15) is 6.10 Å². The molecule has 0 spiro atoms. The zero-order valence-corrected chi connectivity index (χ0v) is 12.8. The summed E-state index contributed by atoms with van der Waals surface area (Å²) < 4.78 is 5.91. The fourth-order valence-corrected chi connectivity index (χ4v) is 2.81. The van der Waals surface area contributed by atoms with Gasteiger partial charge < -0.3 is 20.5 Å². The van der Waals surface area contributed by atoms with Gasteiger partial charge in [-0.25, -0.2) is 9.97 Å². The second-order valence-corrected chi connectivity index (χ2v) is 5.77. The van der Waals surface area contributed by atoms with E-state index in [1.807, 2.05) is 0 Å². The van der Waals surface area contributed by atoms with Crippen molar-refractivity contribution in [3.8, 4) is 5.88 Å². The Morgan fingerprint density at radius 1 is 1.24 bits per heavy atom. The summed E-state index contributed by atoms with van der Waals surface area (Å²) in [5.41, 5.74) is 5.78. The Kier molecular flexibility index (Phi) is 5.61. The van der Waals surface area contributed by atoms with E-state index in [4.69, 9.17) is 10.5 Å². The van der Waals surface area contributed by atoms with Gasteiger partial charge >= 0.3 is 0 Å². The van der Waals surface area contributed by atoms with Gasteiger partial charge in [0, 0.05) is 38.1 Å². The van der Waals surface area contributed by atoms with Crippen molar-refractivity contribution in [1.29, 1.82) is 0 Å². The van der Waals surface area contributed by atoms with Gasteiger partial charge in [0.2, 0.25) is 0 Å². The quantitative estimate of drug-likeness (QED) is 0.861. The molecule has 3 rings (SSSR count). The van der Waals surface area contributed by atoms with Crippen molar-refractivity contribution in [2.45, 2.75) is 37.8 Å². The van der Waals surface area contributed by atoms with Crippen LogP contribution in [0.15, 0.2) is 12.4 Å². The van der Waals surface area contributed by atoms with Crippen molar-refractivity contribution in [1.82, 2.24) is 9.97 Å². The van der Waals surface area contributed by atoms with Crippen molar-refractivity contribution in [2.24, 2.45) is 11.7 Å². The summed E-state index contributed by atoms with van der Waals surface area (Å²) in [4.78, 5) is 11.0. The van der Waals surface area contributed by atoms with E-state index in [1.54, 1.807) is 12.4 Å². The van der Waals surface area contributed by atoms with Crippen LogP contribution in [0.2, 0.25) is 0 Å². The lowest BCUT2D eigenvalue weighted by molar-refractivity contribution is 0.0956. The highest BCUT2D eigenvalue weighted by Gasteiger charge is 2.30. The van der Waals surface area contributed by atoms with Gasteiger partial charge in [0.25, 0.3) is 5.88 Å². The van der Waals surface area contributed by atoms with Crippen LogP contribution < -0.4 is 15.4 Å². The number of nitrogens with two attached hydrogens (primary N) is 1. The molecule has 7 heteroatoms. The summed E-state index contributed by atoms with van der Waals surface area (Å²) in [6.45, 7) is 2.06. The first-order valence-corrected chi connectivity index (χ1v) is 7.35. The van der Waals surface area contributed by atoms with Gasteiger partial charge in [-0.3, -0.25) is 0 Å². The second kappa shape index (κ2) is 7.24. The van der Waals surface area contributed by atoms with Crippen LogP contribution in [0.5, 0.6) is 5.88 Å². The minimum Gasteiger partial charge on any atom is -0.472 e. The minimum atomic E-state index is 0. The Morgan fingerprint density at radius 3 is 2.52 bits per heavy atom. The number of aliphatic hydroxyl groups is 1. The molecule has 1 aromatic heterocycles. The van der Waals surface area contributed by atoms with E-state index in [2.05, 4.69) is 14.9 Å². The number of anilines is 1. The molecule has 0 amide bonds. The molecule has 2 heterocycles. The molecular weight excluding hydrogens is 292 g/mol. The third-order valence-corrected chi connectivity index (χ3v) is 4.23. The van der Waals surface area contributed by atoms with Crippen LogP contribution in [-0.4, -0.2) is 46.9 Å². The van der Waals surface area contributed by atoms with Crippen LogP contribution in [0.4, 0.5) is 5.82 Å². The molecule has 0 atom stereocenters. The minimum absolute atomic E-state index is 0. The van der Waals surface area contributed by atoms with E-state index >= 15 is 0 Å². The number of halogens is 1. The Balaban J connectivity index is 0.00000161. The maximum absolute atomic E-state index is 9.20. The van der Waals surface area contributed by atoms with Crippen LogP contribution in [-0.2, 0) is 0 Å². The molecule has 118 valence electrons. The van der Waals surface area contributed by atoms with Crippen LogP contribution >= 0.6 is 12.4 Å². The molecule has 1 saturated heterocycles. The van der Waals surface area contributed by atoms with E-state index in [0.29, 0.717) is 11.8 Å². The number of aromatic nitrogens is 2. The lowest BCUT2D eigenvalue weighted by Gasteiger charge is -2.35. The average Bonchev–Trinajstić information content (AvgIpc) is 2.46. The summed E-state index contributed by atoms with van der Waals surface area (Å²) in [6, 6.07) is 0.264. The zero-order chi connectivity index (χ0) is 13.9. The van der Waals surface area contributed by atoms with E-state index in [9.17, 15) is 5.11 Å². The molecule has 1 aliphatic carbocycles. The summed E-state index contributed by atoms with van der Waals surface area (Å²) in [7, 11) is 0. The van der Waals surface area contributed by atoms with Crippen molar-refractivity contribution in [2.75, 3.05) is 24.6 Å². The van der Waals surface area contributed by atoms with E-state index < -0.39 is 0 Å². The van der Waals surface area contributed by atoms with Gasteiger partial charge in [-0.05, 0) is 31.6 Å². The number of hydrogen-bond acceptors (Lipinski definition) is 6. The third-order valence-electron chi connectivity index (χ3n) is 4.23. The van der Waals surface area contributed by atoms with E-state index in [0.717, 1.165) is 44.6 Å². The second-order valence-electron chi connectivity index (χ2n) is 5.77. The van der Waals surface area contributed by atoms with Crippen molar-refractivity contribution in [3.05, 3.63) is 12.4 Å². The van der Waals surface area contributed by atoms with Gasteiger partial charge in [-0.1, -0.05) is 0 Å². The molecule has 2 aliphatic rings. The average molecular weight is 315 g/mol. The molecular formula is C14H23ClN4O2. The molecule has 21 heavy (non-hydrogen) atoms. The summed E-state index contributed by atoms with van der Waals surface area (Å²) in [5.74, 6) is 1.85. The summed E-state index contributed by atoms with van der Waals surface area (Å²) in [6.07, 6.45) is 7.30. The molecule has 6 nitrogen and oxygen atoms in total. The smallest absolute Gasteiger partial charge is 0.257 e. The first kappa shape index (κ1) is 16.3. The fourth-order valence-electron chi connectivity index (χ4n) is 2.81. The highest BCUT2D eigenvalue weighted by molar-refractivity contribution is 5.85. The molecule has 0 radical (unpaired) electrons. The molecule has 1 saturated carbocycles. The van der Waals surface area contributed by atoms with Crippen molar-refractivity contribution < 1.29 is 9.84 Å². The molecule has 1 aromatic rings. The largest absolute Gasteiger partial charge is 0.472 e. The Morgan fingerprint density at radius 2 is 1.90 bits per heavy atom. The predicted octanol–water partition coefficient (Wildman–Crippen LogP) is 0.976. The van der Waals surface area contributed by atoms with E-state index in [1.165, 1.54) is 0 Å². The maximum Gasteiger partial charge on any atom is 0.257 e. The molecule has 0 bridgehead atoms. The third kappa shape index (κ3) is 3.75. The first-order valence-electron chi connectivity index (χ1n) is 7.35. The van der Waals surface area contributed by atoms with Crippen LogP contribution in [0, 0.1) is 5.92 Å². The molecule has 0 unspecified atom stereocenters. The molecule has 2 fully saturated rings. The van der Waals surface area contributed by atoms with E-state index in [-0.39, 0.29) is 31.2 Å². The Labute approximate surface area is 131 Å². The van der Waals surface area contributed by atoms with Crippen molar-refractivity contribution in [3.63, 3.8) is 0 Å². The van der Waals surface area contributed by atoms with Crippen LogP contribution in [0.25, 0.3) is 0 Å². The SMILES string of the molecule is Cl.NC1CC(Oc2nccnc2N2CCC(CO)CC2)C1. The number of aliphatic hydroxyl groups excluding tert-OH is 1. The predicted molar refractivity (Wildman–Crippen MR) is 82.9 cm³/mol. The number of rotatable bonds is 4. The molecule has 3 N–H and O–H groups in total. The van der Waals surface area contributed by atoms with Gasteiger partial charge in [-0.15, -0.1) is 12.4 Å². The highest BCUT2D eigenvalue weighted by Crippen LogP contribution is 2.31. The fraction of sp³-hybridized carbons (Fsp3) is 0.714.